The molecular formula is C23H27N3O4S. The first-order chi connectivity index (χ1) is 14.9. The van der Waals surface area contributed by atoms with Gasteiger partial charge in [-0.2, -0.15) is 0 Å². The molecule has 0 fully saturated rings. The summed E-state index contributed by atoms with van der Waals surface area (Å²) in [5, 5.41) is 3.55. The molecule has 1 heterocycles. The summed E-state index contributed by atoms with van der Waals surface area (Å²) in [5.74, 6) is 0.638. The molecule has 164 valence electrons. The van der Waals surface area contributed by atoms with Gasteiger partial charge in [-0.1, -0.05) is 36.0 Å². The van der Waals surface area contributed by atoms with Crippen molar-refractivity contribution in [2.24, 2.45) is 0 Å². The molecule has 1 N–H and O–H groups in total. The van der Waals surface area contributed by atoms with E-state index in [2.05, 4.69) is 10.3 Å². The molecule has 0 spiro atoms. The molecule has 0 radical (unpaired) electrons. The molecule has 1 aromatic heterocycles. The molecule has 2 aromatic carbocycles. The standard InChI is InChI=1S/C23H27N3O4S/c1-15(14-29-3)26-22(28)19-7-5-6-8-20(19)25-23(26)31-16(2)21(27)24-13-17-9-11-18(30-4)12-10-17/h5-12,15-16H,13-14H2,1-4H3,(H,24,27). The second-order valence-corrected chi connectivity index (χ2v) is 8.52. The minimum absolute atomic E-state index is 0.130. The lowest BCUT2D eigenvalue weighted by atomic mass is 10.2. The molecule has 2 atom stereocenters. The minimum Gasteiger partial charge on any atom is -0.497 e. The van der Waals surface area contributed by atoms with E-state index < -0.39 is 5.25 Å². The fourth-order valence-electron chi connectivity index (χ4n) is 3.20. The number of amides is 1. The molecule has 0 aliphatic rings. The first-order valence-electron chi connectivity index (χ1n) is 10.0. The number of nitrogens with one attached hydrogen (secondary N) is 1. The van der Waals surface area contributed by atoms with Gasteiger partial charge in [0.05, 0.1) is 35.9 Å². The Morgan fingerprint density at radius 2 is 1.84 bits per heavy atom. The number of methoxy groups -OCH3 is 2. The van der Waals surface area contributed by atoms with Crippen LogP contribution in [0.25, 0.3) is 10.9 Å². The van der Waals surface area contributed by atoms with E-state index in [4.69, 9.17) is 9.47 Å². The van der Waals surface area contributed by atoms with E-state index in [0.717, 1.165) is 11.3 Å². The SMILES string of the molecule is COCC(C)n1c(SC(C)C(=O)NCc2ccc(OC)cc2)nc2ccccc2c1=O. The third-order valence-corrected chi connectivity index (χ3v) is 5.97. The number of para-hydroxylation sites is 1. The van der Waals surface area contributed by atoms with E-state index >= 15 is 0 Å². The summed E-state index contributed by atoms with van der Waals surface area (Å²) >= 11 is 1.27. The number of carbonyl (C=O) groups excluding carboxylic acids is 1. The quantitative estimate of drug-likeness (QED) is 0.405. The van der Waals surface area contributed by atoms with Crippen LogP contribution in [-0.2, 0) is 16.1 Å². The van der Waals surface area contributed by atoms with Gasteiger partial charge in [-0.25, -0.2) is 4.98 Å². The smallest absolute Gasteiger partial charge is 0.262 e. The third-order valence-electron chi connectivity index (χ3n) is 4.90. The van der Waals surface area contributed by atoms with Gasteiger partial charge in [0, 0.05) is 13.7 Å². The summed E-state index contributed by atoms with van der Waals surface area (Å²) in [7, 11) is 3.21. The monoisotopic (exact) mass is 441 g/mol. The number of hydrogen-bond acceptors (Lipinski definition) is 6. The molecule has 8 heteroatoms. The number of hydrogen-bond donors (Lipinski definition) is 1. The average molecular weight is 442 g/mol. The molecule has 7 nitrogen and oxygen atoms in total. The molecule has 0 aliphatic heterocycles. The van der Waals surface area contributed by atoms with Crippen LogP contribution in [-0.4, -0.2) is 41.5 Å². The Bertz CT molecular complexity index is 1100. The van der Waals surface area contributed by atoms with Crippen LogP contribution in [0.2, 0.25) is 0 Å². The Balaban J connectivity index is 1.79. The molecule has 0 saturated carbocycles. The van der Waals surface area contributed by atoms with Crippen molar-refractivity contribution in [3.8, 4) is 5.75 Å². The zero-order valence-electron chi connectivity index (χ0n) is 18.1. The van der Waals surface area contributed by atoms with Gasteiger partial charge in [0.1, 0.15) is 5.75 Å². The van der Waals surface area contributed by atoms with Gasteiger partial charge in [0.15, 0.2) is 5.16 Å². The van der Waals surface area contributed by atoms with Crippen LogP contribution in [0.3, 0.4) is 0 Å². The molecular weight excluding hydrogens is 414 g/mol. The highest BCUT2D eigenvalue weighted by Crippen LogP contribution is 2.25. The molecule has 0 aliphatic carbocycles. The van der Waals surface area contributed by atoms with Gasteiger partial charge in [-0.15, -0.1) is 0 Å². The third kappa shape index (κ3) is 5.45. The summed E-state index contributed by atoms with van der Waals surface area (Å²) in [4.78, 5) is 30.5. The van der Waals surface area contributed by atoms with E-state index in [1.54, 1.807) is 37.8 Å². The molecule has 3 rings (SSSR count). The van der Waals surface area contributed by atoms with E-state index in [0.29, 0.717) is 29.2 Å². The maximum absolute atomic E-state index is 13.1. The summed E-state index contributed by atoms with van der Waals surface area (Å²) < 4.78 is 12.0. The predicted molar refractivity (Wildman–Crippen MR) is 123 cm³/mol. The number of thioether (sulfide) groups is 1. The lowest BCUT2D eigenvalue weighted by Crippen LogP contribution is -2.33. The molecule has 1 amide bonds. The fourth-order valence-corrected chi connectivity index (χ4v) is 4.24. The van der Waals surface area contributed by atoms with Crippen molar-refractivity contribution >= 4 is 28.6 Å². The molecule has 3 aromatic rings. The Morgan fingerprint density at radius 3 is 2.52 bits per heavy atom. The highest BCUT2D eigenvalue weighted by Gasteiger charge is 2.21. The predicted octanol–water partition coefficient (Wildman–Crippen LogP) is 3.41. The van der Waals surface area contributed by atoms with Crippen molar-refractivity contribution in [3.05, 3.63) is 64.4 Å². The zero-order valence-corrected chi connectivity index (χ0v) is 18.9. The summed E-state index contributed by atoms with van der Waals surface area (Å²) in [6.07, 6.45) is 0. The first-order valence-corrected chi connectivity index (χ1v) is 10.9. The van der Waals surface area contributed by atoms with Crippen LogP contribution in [0, 0.1) is 0 Å². The van der Waals surface area contributed by atoms with Crippen LogP contribution in [0.4, 0.5) is 0 Å². The van der Waals surface area contributed by atoms with E-state index in [9.17, 15) is 9.59 Å². The minimum atomic E-state index is -0.438. The summed E-state index contributed by atoms with van der Waals surface area (Å²) in [6.45, 7) is 4.48. The molecule has 0 saturated heterocycles. The number of ether oxygens (including phenoxy) is 2. The van der Waals surface area contributed by atoms with Gasteiger partial charge in [0.2, 0.25) is 5.91 Å². The normalized spacial score (nSPS) is 13.0. The largest absolute Gasteiger partial charge is 0.497 e. The van der Waals surface area contributed by atoms with E-state index in [-0.39, 0.29) is 17.5 Å². The van der Waals surface area contributed by atoms with Crippen molar-refractivity contribution in [3.63, 3.8) is 0 Å². The number of carbonyl (C=O) groups is 1. The topological polar surface area (TPSA) is 82.4 Å². The van der Waals surface area contributed by atoms with Crippen LogP contribution in [0.5, 0.6) is 5.75 Å². The highest BCUT2D eigenvalue weighted by atomic mass is 32.2. The number of rotatable bonds is 9. The number of fused-ring (bicyclic) bond motifs is 1. The Morgan fingerprint density at radius 1 is 1.13 bits per heavy atom. The molecule has 0 bridgehead atoms. The lowest BCUT2D eigenvalue weighted by Gasteiger charge is -2.20. The van der Waals surface area contributed by atoms with Crippen molar-refractivity contribution in [1.29, 1.82) is 0 Å². The summed E-state index contributed by atoms with van der Waals surface area (Å²) in [5.41, 5.74) is 1.45. The van der Waals surface area contributed by atoms with Gasteiger partial charge >= 0.3 is 0 Å². The van der Waals surface area contributed by atoms with Crippen molar-refractivity contribution in [2.75, 3.05) is 20.8 Å². The van der Waals surface area contributed by atoms with Gasteiger partial charge in [-0.3, -0.25) is 14.2 Å². The van der Waals surface area contributed by atoms with E-state index in [1.165, 1.54) is 11.8 Å². The van der Waals surface area contributed by atoms with Gasteiger partial charge in [-0.05, 0) is 43.7 Å². The average Bonchev–Trinajstić information content (AvgIpc) is 2.78. The maximum Gasteiger partial charge on any atom is 0.262 e. The van der Waals surface area contributed by atoms with Crippen LogP contribution in [0.15, 0.2) is 58.5 Å². The summed E-state index contributed by atoms with van der Waals surface area (Å²) in [6, 6.07) is 14.5. The lowest BCUT2D eigenvalue weighted by molar-refractivity contribution is -0.120. The van der Waals surface area contributed by atoms with Crippen molar-refractivity contribution < 1.29 is 14.3 Å². The van der Waals surface area contributed by atoms with Crippen LogP contribution in [0.1, 0.15) is 25.5 Å². The number of nitrogens with zero attached hydrogens (tertiary/aromatic N) is 2. The van der Waals surface area contributed by atoms with Crippen LogP contribution < -0.4 is 15.6 Å². The Kier molecular flexibility index (Phi) is 7.70. The number of aromatic nitrogens is 2. The highest BCUT2D eigenvalue weighted by molar-refractivity contribution is 8.00. The molecule has 31 heavy (non-hydrogen) atoms. The first kappa shape index (κ1) is 22.8. The van der Waals surface area contributed by atoms with Crippen molar-refractivity contribution in [1.82, 2.24) is 14.9 Å². The zero-order chi connectivity index (χ0) is 22.4. The fraction of sp³-hybridized carbons (Fsp3) is 0.348. The van der Waals surface area contributed by atoms with Gasteiger partial charge < -0.3 is 14.8 Å². The van der Waals surface area contributed by atoms with E-state index in [1.807, 2.05) is 43.3 Å². The second kappa shape index (κ2) is 10.5. The van der Waals surface area contributed by atoms with Gasteiger partial charge in [0.25, 0.3) is 5.56 Å². The molecule has 2 unspecified atom stereocenters. The Labute approximate surface area is 185 Å². The maximum atomic E-state index is 13.1. The van der Waals surface area contributed by atoms with Crippen molar-refractivity contribution in [2.45, 2.75) is 36.8 Å². The number of benzene rings is 2. The van der Waals surface area contributed by atoms with Crippen LogP contribution >= 0.6 is 11.8 Å². The Hall–Kier alpha value is -2.84. The second-order valence-electron chi connectivity index (χ2n) is 7.22.